The monoisotopic (exact) mass is 472 g/mol. The largest absolute Gasteiger partial charge is 0.573 e. The van der Waals surface area contributed by atoms with Gasteiger partial charge in [0.1, 0.15) is 0 Å². The first-order valence-electron chi connectivity index (χ1n) is 11.5. The van der Waals surface area contributed by atoms with Crippen LogP contribution in [0.5, 0.6) is 5.75 Å². The van der Waals surface area contributed by atoms with E-state index in [0.717, 1.165) is 17.5 Å². The number of rotatable bonds is 4. The van der Waals surface area contributed by atoms with Crippen molar-refractivity contribution in [3.63, 3.8) is 0 Å². The number of halogens is 5. The molecule has 0 aromatic heterocycles. The average Bonchev–Trinajstić information content (AvgIpc) is 2.81. The molecule has 0 spiro atoms. The summed E-state index contributed by atoms with van der Waals surface area (Å²) in [6.07, 6.45) is 2.38. The maximum absolute atomic E-state index is 14.4. The number of benzene rings is 3. The molecule has 0 radical (unpaired) electrons. The van der Waals surface area contributed by atoms with Crippen LogP contribution in [0.4, 0.5) is 22.0 Å². The molecule has 3 aromatic rings. The molecule has 6 heteroatoms. The molecule has 34 heavy (non-hydrogen) atoms. The van der Waals surface area contributed by atoms with E-state index in [1.54, 1.807) is 0 Å². The molecule has 1 aliphatic carbocycles. The van der Waals surface area contributed by atoms with Crippen molar-refractivity contribution in [1.82, 2.24) is 0 Å². The van der Waals surface area contributed by atoms with E-state index >= 15 is 0 Å². The summed E-state index contributed by atoms with van der Waals surface area (Å²) in [5, 5.41) is -0.0745. The number of hydrogen-bond acceptors (Lipinski definition) is 1. The number of ether oxygens (including phenoxy) is 1. The Balaban J connectivity index is 1.49. The second-order valence-electron chi connectivity index (χ2n) is 8.86. The fourth-order valence-corrected chi connectivity index (χ4v) is 4.77. The molecule has 0 unspecified atom stereocenters. The second kappa shape index (κ2) is 10.0. The van der Waals surface area contributed by atoms with E-state index in [1.807, 2.05) is 12.1 Å². The van der Waals surface area contributed by atoms with E-state index in [1.165, 1.54) is 62.3 Å². The minimum Gasteiger partial charge on any atom is -0.399 e. The lowest BCUT2D eigenvalue weighted by molar-refractivity contribution is -0.276. The van der Waals surface area contributed by atoms with Crippen molar-refractivity contribution >= 4 is 10.8 Å². The van der Waals surface area contributed by atoms with Crippen LogP contribution in [0.1, 0.15) is 68.1 Å². The van der Waals surface area contributed by atoms with Gasteiger partial charge in [0.25, 0.3) is 0 Å². The van der Waals surface area contributed by atoms with E-state index in [0.29, 0.717) is 11.5 Å². The van der Waals surface area contributed by atoms with E-state index in [2.05, 4.69) is 35.6 Å². The first-order valence-corrected chi connectivity index (χ1v) is 11.5. The van der Waals surface area contributed by atoms with Crippen LogP contribution in [-0.4, -0.2) is 6.36 Å². The standard InChI is InChI=1S/C28H25F5O/c1-2-3-18-6-11-21(12-7-18)22-13-8-19(9-14-22)4-5-20-10-15-24-23(16-20)17-25(29)27(26(24)30)34-28(31,32)33/h8-10,13-18,21H,2-3,6-7,11-12H2,1H3. The van der Waals surface area contributed by atoms with Crippen LogP contribution in [0.2, 0.25) is 0 Å². The van der Waals surface area contributed by atoms with E-state index in [-0.39, 0.29) is 10.8 Å². The summed E-state index contributed by atoms with van der Waals surface area (Å²) in [6.45, 7) is 2.24. The normalized spacial score (nSPS) is 18.4. The van der Waals surface area contributed by atoms with Crippen molar-refractivity contribution in [1.29, 1.82) is 0 Å². The van der Waals surface area contributed by atoms with Gasteiger partial charge in [-0.15, -0.1) is 13.2 Å². The molecule has 0 atom stereocenters. The summed E-state index contributed by atoms with van der Waals surface area (Å²) in [5.74, 6) is 3.17. The zero-order chi connectivity index (χ0) is 24.3. The van der Waals surface area contributed by atoms with Gasteiger partial charge in [-0.3, -0.25) is 0 Å². The molecule has 0 amide bonds. The van der Waals surface area contributed by atoms with Gasteiger partial charge in [-0.2, -0.15) is 0 Å². The van der Waals surface area contributed by atoms with Gasteiger partial charge in [-0.25, -0.2) is 8.78 Å². The van der Waals surface area contributed by atoms with Crippen LogP contribution in [0.15, 0.2) is 48.5 Å². The van der Waals surface area contributed by atoms with Gasteiger partial charge in [0.15, 0.2) is 11.6 Å². The highest BCUT2D eigenvalue weighted by atomic mass is 19.4. The molecule has 0 bridgehead atoms. The summed E-state index contributed by atoms with van der Waals surface area (Å²) >= 11 is 0. The lowest BCUT2D eigenvalue weighted by Gasteiger charge is -2.28. The number of alkyl halides is 3. The lowest BCUT2D eigenvalue weighted by Crippen LogP contribution is -2.19. The minimum atomic E-state index is -5.19. The third-order valence-corrected chi connectivity index (χ3v) is 6.48. The summed E-state index contributed by atoms with van der Waals surface area (Å²) < 4.78 is 69.2. The van der Waals surface area contributed by atoms with Crippen molar-refractivity contribution in [3.05, 3.63) is 76.9 Å². The summed E-state index contributed by atoms with van der Waals surface area (Å²) in [4.78, 5) is 0. The Bertz CT molecular complexity index is 1210. The highest BCUT2D eigenvalue weighted by Crippen LogP contribution is 2.37. The molecule has 1 aliphatic rings. The van der Waals surface area contributed by atoms with Crippen molar-refractivity contribution in [3.8, 4) is 17.6 Å². The predicted molar refractivity (Wildman–Crippen MR) is 123 cm³/mol. The third kappa shape index (κ3) is 5.70. The SMILES string of the molecule is CCCC1CCC(c2ccc(C#Cc3ccc4c(F)c(OC(F)(F)F)c(F)cc4c3)cc2)CC1. The average molecular weight is 472 g/mol. The van der Waals surface area contributed by atoms with E-state index in [4.69, 9.17) is 0 Å². The first-order chi connectivity index (χ1) is 16.2. The fraction of sp³-hybridized carbons (Fsp3) is 0.357. The van der Waals surface area contributed by atoms with Gasteiger partial charge in [0, 0.05) is 16.5 Å². The first kappa shape index (κ1) is 24.1. The molecular formula is C28H25F5O. The molecule has 1 fully saturated rings. The van der Waals surface area contributed by atoms with Crippen molar-refractivity contribution in [2.75, 3.05) is 0 Å². The highest BCUT2D eigenvalue weighted by molar-refractivity contribution is 5.86. The molecule has 0 heterocycles. The van der Waals surface area contributed by atoms with Crippen LogP contribution in [0.25, 0.3) is 10.8 Å². The van der Waals surface area contributed by atoms with Crippen LogP contribution >= 0.6 is 0 Å². The lowest BCUT2D eigenvalue weighted by atomic mass is 9.77. The third-order valence-electron chi connectivity index (χ3n) is 6.48. The van der Waals surface area contributed by atoms with Crippen molar-refractivity contribution in [2.24, 2.45) is 5.92 Å². The molecule has 178 valence electrons. The Morgan fingerprint density at radius 3 is 2.18 bits per heavy atom. The Morgan fingerprint density at radius 2 is 1.53 bits per heavy atom. The Labute approximate surface area is 195 Å². The van der Waals surface area contributed by atoms with Crippen molar-refractivity contribution in [2.45, 2.75) is 57.7 Å². The summed E-state index contributed by atoms with van der Waals surface area (Å²) in [5.41, 5.74) is 2.64. The number of fused-ring (bicyclic) bond motifs is 1. The van der Waals surface area contributed by atoms with Gasteiger partial charge in [-0.1, -0.05) is 49.8 Å². The second-order valence-corrected chi connectivity index (χ2v) is 8.86. The molecule has 0 saturated heterocycles. The molecule has 1 nitrogen and oxygen atoms in total. The van der Waals surface area contributed by atoms with Crippen LogP contribution < -0.4 is 4.74 Å². The maximum Gasteiger partial charge on any atom is 0.573 e. The van der Waals surface area contributed by atoms with Gasteiger partial charge < -0.3 is 4.74 Å². The quantitative estimate of drug-likeness (QED) is 0.273. The zero-order valence-electron chi connectivity index (χ0n) is 18.8. The minimum absolute atomic E-state index is 0.102. The smallest absolute Gasteiger partial charge is 0.399 e. The Hall–Kier alpha value is -3.07. The maximum atomic E-state index is 14.4. The molecule has 3 aromatic carbocycles. The number of hydrogen-bond donors (Lipinski definition) is 0. The van der Waals surface area contributed by atoms with Crippen LogP contribution in [-0.2, 0) is 0 Å². The van der Waals surface area contributed by atoms with Crippen molar-refractivity contribution < 1.29 is 26.7 Å². The topological polar surface area (TPSA) is 9.23 Å². The van der Waals surface area contributed by atoms with Crippen LogP contribution in [0, 0.1) is 29.4 Å². The molecule has 1 saturated carbocycles. The molecular weight excluding hydrogens is 447 g/mol. The summed E-state index contributed by atoms with van der Waals surface area (Å²) in [6, 6.07) is 13.2. The molecule has 0 aliphatic heterocycles. The molecule has 0 N–H and O–H groups in total. The zero-order valence-corrected chi connectivity index (χ0v) is 18.8. The van der Waals surface area contributed by atoms with Gasteiger partial charge in [0.05, 0.1) is 0 Å². The van der Waals surface area contributed by atoms with Gasteiger partial charge in [0.2, 0.25) is 5.75 Å². The molecule has 4 rings (SSSR count). The van der Waals surface area contributed by atoms with Gasteiger partial charge >= 0.3 is 6.36 Å². The fourth-order valence-electron chi connectivity index (χ4n) is 4.77. The Morgan fingerprint density at radius 1 is 0.882 bits per heavy atom. The van der Waals surface area contributed by atoms with E-state index < -0.39 is 23.7 Å². The van der Waals surface area contributed by atoms with Crippen LogP contribution in [0.3, 0.4) is 0 Å². The predicted octanol–water partition coefficient (Wildman–Crippen LogP) is 8.49. The van der Waals surface area contributed by atoms with E-state index in [9.17, 15) is 22.0 Å². The summed E-state index contributed by atoms with van der Waals surface area (Å²) in [7, 11) is 0. The van der Waals surface area contributed by atoms with Gasteiger partial charge in [-0.05, 0) is 78.8 Å². The highest BCUT2D eigenvalue weighted by Gasteiger charge is 2.34. The Kier molecular flexibility index (Phi) is 7.11.